The van der Waals surface area contributed by atoms with Gasteiger partial charge in [-0.15, -0.1) is 12.4 Å². The van der Waals surface area contributed by atoms with E-state index in [-0.39, 0.29) is 54.6 Å². The third-order valence-electron chi connectivity index (χ3n) is 4.87. The average molecular weight is 366 g/mol. The van der Waals surface area contributed by atoms with E-state index >= 15 is 0 Å². The van der Waals surface area contributed by atoms with Crippen LogP contribution in [0.1, 0.15) is 48.0 Å². The van der Waals surface area contributed by atoms with Gasteiger partial charge in [-0.25, -0.2) is 0 Å². The van der Waals surface area contributed by atoms with Crippen LogP contribution in [0.5, 0.6) is 0 Å². The Kier molecular flexibility index (Phi) is 6.56. The van der Waals surface area contributed by atoms with Gasteiger partial charge in [0.2, 0.25) is 11.8 Å². The molecule has 1 aromatic carbocycles. The Labute approximate surface area is 153 Å². The van der Waals surface area contributed by atoms with Gasteiger partial charge in [-0.05, 0) is 49.8 Å². The molecule has 1 saturated heterocycles. The molecule has 7 heteroatoms. The molecule has 136 valence electrons. The van der Waals surface area contributed by atoms with Crippen LogP contribution in [0.25, 0.3) is 0 Å². The third-order valence-corrected chi connectivity index (χ3v) is 4.87. The van der Waals surface area contributed by atoms with Crippen LogP contribution in [-0.2, 0) is 16.0 Å². The quantitative estimate of drug-likeness (QED) is 0.700. The maximum Gasteiger partial charge on any atom is 0.251 e. The van der Waals surface area contributed by atoms with Crippen molar-refractivity contribution in [2.24, 2.45) is 11.7 Å². The number of amides is 3. The highest BCUT2D eigenvalue weighted by Gasteiger charge is 2.30. The van der Waals surface area contributed by atoms with Gasteiger partial charge in [-0.1, -0.05) is 12.1 Å². The molecule has 1 aliphatic heterocycles. The molecule has 1 atom stereocenters. The minimum atomic E-state index is -0.302. The van der Waals surface area contributed by atoms with Crippen molar-refractivity contribution >= 4 is 30.1 Å². The van der Waals surface area contributed by atoms with Crippen LogP contribution in [0.4, 0.5) is 0 Å². The summed E-state index contributed by atoms with van der Waals surface area (Å²) in [7, 11) is 0. The fourth-order valence-corrected chi connectivity index (χ4v) is 3.38. The molecule has 1 unspecified atom stereocenters. The normalized spacial score (nSPS) is 25.9. The van der Waals surface area contributed by atoms with E-state index in [9.17, 15) is 14.4 Å². The van der Waals surface area contributed by atoms with Crippen LogP contribution in [0.15, 0.2) is 24.3 Å². The summed E-state index contributed by atoms with van der Waals surface area (Å²) in [4.78, 5) is 35.1. The van der Waals surface area contributed by atoms with E-state index in [1.54, 1.807) is 12.1 Å². The second-order valence-corrected chi connectivity index (χ2v) is 6.80. The minimum Gasteiger partial charge on any atom is -0.349 e. The molecule has 1 aromatic rings. The predicted molar refractivity (Wildman–Crippen MR) is 96.3 cm³/mol. The lowest BCUT2D eigenvalue weighted by Crippen LogP contribution is -2.40. The van der Waals surface area contributed by atoms with Crippen LogP contribution in [-0.4, -0.2) is 29.8 Å². The molecule has 3 amide bonds. The Morgan fingerprint density at radius 1 is 1.12 bits per heavy atom. The Morgan fingerprint density at radius 2 is 1.76 bits per heavy atom. The van der Waals surface area contributed by atoms with E-state index in [4.69, 9.17) is 5.73 Å². The molecule has 0 spiro atoms. The number of carbonyl (C=O) groups is 3. The van der Waals surface area contributed by atoms with Gasteiger partial charge in [0.15, 0.2) is 0 Å². The lowest BCUT2D eigenvalue weighted by atomic mass is 9.91. The smallest absolute Gasteiger partial charge is 0.251 e. The molecular weight excluding hydrogens is 342 g/mol. The van der Waals surface area contributed by atoms with Crippen molar-refractivity contribution in [3.8, 4) is 0 Å². The maximum absolute atomic E-state index is 12.3. The van der Waals surface area contributed by atoms with Gasteiger partial charge in [-0.3, -0.25) is 19.7 Å². The molecule has 1 heterocycles. The molecule has 1 saturated carbocycles. The van der Waals surface area contributed by atoms with Crippen molar-refractivity contribution in [1.29, 1.82) is 0 Å². The number of hydrogen-bond acceptors (Lipinski definition) is 4. The van der Waals surface area contributed by atoms with Crippen molar-refractivity contribution in [3.05, 3.63) is 35.4 Å². The monoisotopic (exact) mass is 365 g/mol. The summed E-state index contributed by atoms with van der Waals surface area (Å²) >= 11 is 0. The molecule has 2 aliphatic rings. The maximum atomic E-state index is 12.3. The summed E-state index contributed by atoms with van der Waals surface area (Å²) in [5.74, 6) is -0.801. The standard InChI is InChI=1S/C18H23N3O3.ClH/c19-14-5-7-15(8-6-14)20-17(23)12-3-1-11(2-4-12)9-13-10-16(22)21-18(13)24;/h1-4,13-15H,5-10,19H2,(H,20,23)(H,21,22,24);1H. The fraction of sp³-hybridized carbons (Fsp3) is 0.500. The second-order valence-electron chi connectivity index (χ2n) is 6.80. The highest BCUT2D eigenvalue weighted by Crippen LogP contribution is 2.19. The average Bonchev–Trinajstić information content (AvgIpc) is 2.88. The van der Waals surface area contributed by atoms with Crippen LogP contribution in [0.2, 0.25) is 0 Å². The van der Waals surface area contributed by atoms with Gasteiger partial charge >= 0.3 is 0 Å². The number of hydrogen-bond donors (Lipinski definition) is 3. The Bertz CT molecular complexity index is 639. The van der Waals surface area contributed by atoms with Crippen LogP contribution in [0.3, 0.4) is 0 Å². The molecular formula is C18H24ClN3O3. The first kappa shape index (κ1) is 19.4. The molecule has 3 rings (SSSR count). The highest BCUT2D eigenvalue weighted by atomic mass is 35.5. The van der Waals surface area contributed by atoms with E-state index in [1.165, 1.54) is 0 Å². The molecule has 6 nitrogen and oxygen atoms in total. The zero-order valence-corrected chi connectivity index (χ0v) is 14.8. The van der Waals surface area contributed by atoms with E-state index in [1.807, 2.05) is 12.1 Å². The molecule has 25 heavy (non-hydrogen) atoms. The number of nitrogens with two attached hydrogens (primary N) is 1. The van der Waals surface area contributed by atoms with Crippen molar-refractivity contribution in [1.82, 2.24) is 10.6 Å². The Hall–Kier alpha value is -1.92. The SMILES string of the molecule is Cl.NC1CCC(NC(=O)c2ccc(CC3CC(=O)NC3=O)cc2)CC1. The molecule has 0 aromatic heterocycles. The number of carbonyl (C=O) groups excluding carboxylic acids is 3. The first-order valence-electron chi connectivity index (χ1n) is 8.50. The molecule has 2 fully saturated rings. The van der Waals surface area contributed by atoms with Gasteiger partial charge in [0.05, 0.1) is 5.92 Å². The lowest BCUT2D eigenvalue weighted by Gasteiger charge is -2.26. The highest BCUT2D eigenvalue weighted by molar-refractivity contribution is 6.03. The second kappa shape index (κ2) is 8.45. The van der Waals surface area contributed by atoms with Gasteiger partial charge in [-0.2, -0.15) is 0 Å². The van der Waals surface area contributed by atoms with Gasteiger partial charge in [0.1, 0.15) is 0 Å². The topological polar surface area (TPSA) is 101 Å². The zero-order valence-electron chi connectivity index (χ0n) is 14.0. The predicted octanol–water partition coefficient (Wildman–Crippen LogP) is 1.31. The number of benzene rings is 1. The van der Waals surface area contributed by atoms with Crippen LogP contribution in [0, 0.1) is 5.92 Å². The number of nitrogens with one attached hydrogen (secondary N) is 2. The largest absolute Gasteiger partial charge is 0.349 e. The third kappa shape index (κ3) is 5.03. The number of halogens is 1. The molecule has 0 bridgehead atoms. The summed E-state index contributed by atoms with van der Waals surface area (Å²) in [5.41, 5.74) is 7.44. The van der Waals surface area contributed by atoms with E-state index in [0.717, 1.165) is 31.2 Å². The summed E-state index contributed by atoms with van der Waals surface area (Å²) < 4.78 is 0. The lowest BCUT2D eigenvalue weighted by molar-refractivity contribution is -0.125. The van der Waals surface area contributed by atoms with Gasteiger partial charge in [0.25, 0.3) is 5.91 Å². The van der Waals surface area contributed by atoms with Gasteiger partial charge in [0, 0.05) is 24.1 Å². The fourth-order valence-electron chi connectivity index (χ4n) is 3.38. The van der Waals surface area contributed by atoms with Gasteiger partial charge < -0.3 is 11.1 Å². The molecule has 1 aliphatic carbocycles. The van der Waals surface area contributed by atoms with Crippen molar-refractivity contribution in [2.75, 3.05) is 0 Å². The number of rotatable bonds is 4. The van der Waals surface area contributed by atoms with Crippen molar-refractivity contribution < 1.29 is 14.4 Å². The zero-order chi connectivity index (χ0) is 17.1. The summed E-state index contributed by atoms with van der Waals surface area (Å²) in [6.07, 6.45) is 4.51. The molecule has 0 radical (unpaired) electrons. The number of imide groups is 1. The van der Waals surface area contributed by atoms with Crippen molar-refractivity contribution in [3.63, 3.8) is 0 Å². The first-order valence-corrected chi connectivity index (χ1v) is 8.50. The summed E-state index contributed by atoms with van der Waals surface area (Å²) in [6, 6.07) is 7.70. The van der Waals surface area contributed by atoms with Crippen molar-refractivity contribution in [2.45, 2.75) is 50.6 Å². The van der Waals surface area contributed by atoms with Crippen LogP contribution < -0.4 is 16.4 Å². The van der Waals surface area contributed by atoms with Crippen LogP contribution >= 0.6 is 12.4 Å². The van der Waals surface area contributed by atoms with E-state index in [0.29, 0.717) is 12.0 Å². The van der Waals surface area contributed by atoms with E-state index < -0.39 is 0 Å². The summed E-state index contributed by atoms with van der Waals surface area (Å²) in [5, 5.41) is 5.37. The minimum absolute atomic E-state index is 0. The summed E-state index contributed by atoms with van der Waals surface area (Å²) in [6.45, 7) is 0. The Balaban J connectivity index is 0.00000225. The Morgan fingerprint density at radius 3 is 2.32 bits per heavy atom. The first-order chi connectivity index (χ1) is 11.5. The van der Waals surface area contributed by atoms with E-state index in [2.05, 4.69) is 10.6 Å². The molecule has 4 N–H and O–H groups in total.